The van der Waals surface area contributed by atoms with Crippen LogP contribution in [0.25, 0.3) is 11.0 Å². The lowest BCUT2D eigenvalue weighted by atomic mass is 10.1. The van der Waals surface area contributed by atoms with Crippen molar-refractivity contribution >= 4 is 27.8 Å². The van der Waals surface area contributed by atoms with Gasteiger partial charge in [0.1, 0.15) is 16.4 Å². The SMILES string of the molecule is COc1cccc(OC)c1S(=O)Nc1noc2cc(Cn3cccn3)c(C)cc12. The van der Waals surface area contributed by atoms with E-state index in [-0.39, 0.29) is 0 Å². The van der Waals surface area contributed by atoms with Gasteiger partial charge in [-0.25, -0.2) is 4.21 Å². The van der Waals surface area contributed by atoms with Crippen molar-refractivity contribution in [3.05, 3.63) is 59.9 Å². The van der Waals surface area contributed by atoms with E-state index in [1.54, 1.807) is 24.4 Å². The van der Waals surface area contributed by atoms with Crippen LogP contribution in [0.1, 0.15) is 11.1 Å². The lowest BCUT2D eigenvalue weighted by Gasteiger charge is -2.12. The second-order valence-electron chi connectivity index (χ2n) is 6.37. The second kappa shape index (κ2) is 7.96. The number of anilines is 1. The molecule has 4 rings (SSSR count). The Morgan fingerprint density at radius 1 is 1.17 bits per heavy atom. The van der Waals surface area contributed by atoms with Gasteiger partial charge in [-0.3, -0.25) is 9.40 Å². The predicted molar refractivity (Wildman–Crippen MR) is 110 cm³/mol. The van der Waals surface area contributed by atoms with Gasteiger partial charge in [0.05, 0.1) is 26.2 Å². The fraction of sp³-hybridized carbons (Fsp3) is 0.200. The molecule has 29 heavy (non-hydrogen) atoms. The van der Waals surface area contributed by atoms with Crippen LogP contribution in [0.5, 0.6) is 11.5 Å². The van der Waals surface area contributed by atoms with E-state index in [1.807, 2.05) is 36.0 Å². The molecule has 0 aliphatic heterocycles. The maximum atomic E-state index is 13.0. The van der Waals surface area contributed by atoms with Crippen molar-refractivity contribution in [2.75, 3.05) is 18.9 Å². The van der Waals surface area contributed by atoms with E-state index in [9.17, 15) is 4.21 Å². The minimum atomic E-state index is -1.67. The van der Waals surface area contributed by atoms with Gasteiger partial charge in [0.2, 0.25) is 0 Å². The molecule has 1 atom stereocenters. The van der Waals surface area contributed by atoms with Crippen LogP contribution in [0.4, 0.5) is 5.82 Å². The highest BCUT2D eigenvalue weighted by molar-refractivity contribution is 7.86. The van der Waals surface area contributed by atoms with E-state index in [2.05, 4.69) is 15.0 Å². The smallest absolute Gasteiger partial charge is 0.189 e. The summed E-state index contributed by atoms with van der Waals surface area (Å²) in [5.74, 6) is 1.31. The minimum Gasteiger partial charge on any atom is -0.495 e. The molecule has 0 spiro atoms. The van der Waals surface area contributed by atoms with Crippen molar-refractivity contribution in [2.24, 2.45) is 0 Å². The molecule has 0 aliphatic carbocycles. The summed E-state index contributed by atoms with van der Waals surface area (Å²) in [6, 6.07) is 11.0. The van der Waals surface area contributed by atoms with Crippen LogP contribution in [-0.2, 0) is 17.5 Å². The molecule has 2 aromatic heterocycles. The molecular formula is C20H20N4O4S. The molecule has 2 heterocycles. The number of hydrogen-bond acceptors (Lipinski definition) is 6. The van der Waals surface area contributed by atoms with Crippen LogP contribution < -0.4 is 14.2 Å². The van der Waals surface area contributed by atoms with Crippen LogP contribution in [0, 0.1) is 6.92 Å². The Balaban J connectivity index is 1.66. The summed E-state index contributed by atoms with van der Waals surface area (Å²) in [7, 11) is 1.37. The molecular weight excluding hydrogens is 392 g/mol. The van der Waals surface area contributed by atoms with Crippen LogP contribution in [0.15, 0.2) is 58.2 Å². The third-order valence-corrected chi connectivity index (χ3v) is 5.73. The van der Waals surface area contributed by atoms with E-state index in [0.29, 0.717) is 34.3 Å². The number of methoxy groups -OCH3 is 2. The van der Waals surface area contributed by atoms with Gasteiger partial charge in [0, 0.05) is 12.4 Å². The van der Waals surface area contributed by atoms with Gasteiger partial charge in [-0.05, 0) is 48.4 Å². The topological polar surface area (TPSA) is 91.4 Å². The zero-order chi connectivity index (χ0) is 20.4. The van der Waals surface area contributed by atoms with Gasteiger partial charge >= 0.3 is 0 Å². The van der Waals surface area contributed by atoms with Gasteiger partial charge in [-0.15, -0.1) is 0 Å². The Bertz CT molecular complexity index is 1150. The average molecular weight is 412 g/mol. The van der Waals surface area contributed by atoms with Crippen molar-refractivity contribution in [1.29, 1.82) is 0 Å². The van der Waals surface area contributed by atoms with Crippen LogP contribution in [-0.4, -0.2) is 33.4 Å². The van der Waals surface area contributed by atoms with Crippen molar-refractivity contribution in [3.8, 4) is 11.5 Å². The highest BCUT2D eigenvalue weighted by Crippen LogP contribution is 2.33. The molecule has 2 aromatic carbocycles. The molecule has 0 fully saturated rings. The van der Waals surface area contributed by atoms with Crippen molar-refractivity contribution < 1.29 is 18.2 Å². The maximum Gasteiger partial charge on any atom is 0.189 e. The van der Waals surface area contributed by atoms with Gasteiger partial charge in [0.15, 0.2) is 22.4 Å². The molecule has 0 saturated carbocycles. The summed E-state index contributed by atoms with van der Waals surface area (Å²) in [5, 5.41) is 9.05. The Hall–Kier alpha value is -3.33. The molecule has 1 N–H and O–H groups in total. The fourth-order valence-electron chi connectivity index (χ4n) is 3.09. The molecule has 0 bridgehead atoms. The highest BCUT2D eigenvalue weighted by atomic mass is 32.2. The monoisotopic (exact) mass is 412 g/mol. The maximum absolute atomic E-state index is 13.0. The van der Waals surface area contributed by atoms with E-state index < -0.39 is 11.0 Å². The number of hydrogen-bond donors (Lipinski definition) is 1. The molecule has 150 valence electrons. The third kappa shape index (κ3) is 3.68. The second-order valence-corrected chi connectivity index (χ2v) is 7.52. The molecule has 9 heteroatoms. The number of rotatable bonds is 7. The largest absolute Gasteiger partial charge is 0.495 e. The van der Waals surface area contributed by atoms with Gasteiger partial charge in [0.25, 0.3) is 0 Å². The number of nitrogens with zero attached hydrogens (tertiary/aromatic N) is 3. The average Bonchev–Trinajstić information content (AvgIpc) is 3.38. The summed E-state index contributed by atoms with van der Waals surface area (Å²) >= 11 is 0. The summed E-state index contributed by atoms with van der Waals surface area (Å²) in [6.45, 7) is 2.64. The van der Waals surface area contributed by atoms with Crippen molar-refractivity contribution in [3.63, 3.8) is 0 Å². The number of ether oxygens (including phenoxy) is 2. The molecule has 0 aliphatic rings. The number of aryl methyl sites for hydroxylation is 1. The predicted octanol–water partition coefficient (Wildman–Crippen LogP) is 3.53. The van der Waals surface area contributed by atoms with Gasteiger partial charge in [-0.1, -0.05) is 11.2 Å². The normalized spacial score (nSPS) is 12.1. The van der Waals surface area contributed by atoms with Gasteiger partial charge < -0.3 is 14.0 Å². The first-order valence-electron chi connectivity index (χ1n) is 8.86. The minimum absolute atomic E-state index is 0.389. The molecule has 0 radical (unpaired) electrons. The molecule has 0 saturated heterocycles. The molecule has 0 amide bonds. The zero-order valence-corrected chi connectivity index (χ0v) is 17.0. The van der Waals surface area contributed by atoms with Crippen molar-refractivity contribution in [1.82, 2.24) is 14.9 Å². The van der Waals surface area contributed by atoms with Gasteiger partial charge in [-0.2, -0.15) is 5.10 Å². The quantitative estimate of drug-likeness (QED) is 0.499. The number of fused-ring (bicyclic) bond motifs is 1. The first-order valence-corrected chi connectivity index (χ1v) is 10.0. The Labute approximate surface area is 170 Å². The summed E-state index contributed by atoms with van der Waals surface area (Å²) in [6.07, 6.45) is 3.65. The summed E-state index contributed by atoms with van der Waals surface area (Å²) in [4.78, 5) is 0.403. The molecule has 4 aromatic rings. The highest BCUT2D eigenvalue weighted by Gasteiger charge is 2.20. The van der Waals surface area contributed by atoms with E-state index >= 15 is 0 Å². The first-order chi connectivity index (χ1) is 14.1. The van der Waals surface area contributed by atoms with Crippen LogP contribution in [0.3, 0.4) is 0 Å². The zero-order valence-electron chi connectivity index (χ0n) is 16.2. The third-order valence-electron chi connectivity index (χ3n) is 4.58. The Morgan fingerprint density at radius 2 is 1.93 bits per heavy atom. The number of benzene rings is 2. The summed E-state index contributed by atoms with van der Waals surface area (Å²) < 4.78 is 33.9. The fourth-order valence-corrected chi connectivity index (χ4v) is 4.18. The lowest BCUT2D eigenvalue weighted by Crippen LogP contribution is -2.08. The standard InChI is InChI=1S/C20H20N4O4S/c1-13-10-15-18(11-14(13)12-24-9-5-8-21-24)28-22-20(15)23-29(25)19-16(26-2)6-4-7-17(19)27-3/h4-11H,12H2,1-3H3,(H,22,23). The summed E-state index contributed by atoms with van der Waals surface area (Å²) in [5.41, 5.74) is 2.72. The van der Waals surface area contributed by atoms with E-state index in [4.69, 9.17) is 14.0 Å². The van der Waals surface area contributed by atoms with E-state index in [0.717, 1.165) is 16.5 Å². The van der Waals surface area contributed by atoms with E-state index in [1.165, 1.54) is 14.2 Å². The molecule has 8 nitrogen and oxygen atoms in total. The Morgan fingerprint density at radius 3 is 2.59 bits per heavy atom. The number of aromatic nitrogens is 3. The molecule has 1 unspecified atom stereocenters. The lowest BCUT2D eigenvalue weighted by molar-refractivity contribution is 0.375. The first kappa shape index (κ1) is 19.0. The van der Waals surface area contributed by atoms with Crippen LogP contribution >= 0.6 is 0 Å². The number of nitrogens with one attached hydrogen (secondary N) is 1. The Kier molecular flexibility index (Phi) is 5.22. The van der Waals surface area contributed by atoms with Crippen molar-refractivity contribution in [2.45, 2.75) is 18.4 Å². The van der Waals surface area contributed by atoms with Crippen LogP contribution in [0.2, 0.25) is 0 Å².